The van der Waals surface area contributed by atoms with Crippen LogP contribution in [0.5, 0.6) is 0 Å². The van der Waals surface area contributed by atoms with E-state index in [4.69, 9.17) is 0 Å². The smallest absolute Gasteiger partial charge is 0.345 e. The van der Waals surface area contributed by atoms with Crippen molar-refractivity contribution >= 4 is 27.5 Å². The molecule has 2 aromatic heterocycles. The van der Waals surface area contributed by atoms with Crippen LogP contribution in [0.1, 0.15) is 11.1 Å². The Labute approximate surface area is 156 Å². The monoisotopic (exact) mass is 395 g/mol. The van der Waals surface area contributed by atoms with E-state index in [-0.39, 0.29) is 0 Å². The third kappa shape index (κ3) is 4.19. The standard InChI is InChI=1S/C18H16F3N3O2S/c1-10-3-4-12(5-11(10)2)13-7-27-16-15(13)17(26)24(9-23-16)6-14(25)22-8-18(19,20)21/h3-5,7,9H,6,8H2,1-2H3,(H,22,25). The predicted molar refractivity (Wildman–Crippen MR) is 97.9 cm³/mol. The minimum absolute atomic E-state index is 0.356. The van der Waals surface area contributed by atoms with Crippen LogP contribution < -0.4 is 10.9 Å². The largest absolute Gasteiger partial charge is 0.405 e. The molecule has 0 aliphatic carbocycles. The molecule has 3 rings (SSSR count). The molecule has 0 radical (unpaired) electrons. The molecule has 0 aliphatic rings. The van der Waals surface area contributed by atoms with Gasteiger partial charge in [-0.05, 0) is 30.5 Å². The molecule has 0 saturated carbocycles. The zero-order valence-electron chi connectivity index (χ0n) is 14.6. The summed E-state index contributed by atoms with van der Waals surface area (Å²) in [6.45, 7) is 1.98. The van der Waals surface area contributed by atoms with Gasteiger partial charge in [-0.15, -0.1) is 11.3 Å². The van der Waals surface area contributed by atoms with Crippen molar-refractivity contribution in [1.29, 1.82) is 0 Å². The summed E-state index contributed by atoms with van der Waals surface area (Å²) in [4.78, 5) is 29.2. The number of fused-ring (bicyclic) bond motifs is 1. The van der Waals surface area contributed by atoms with E-state index >= 15 is 0 Å². The molecule has 1 N–H and O–H groups in total. The Kier molecular flexibility index (Phi) is 5.05. The van der Waals surface area contributed by atoms with Gasteiger partial charge in [0.05, 0.1) is 11.7 Å². The number of halogens is 3. The molecule has 5 nitrogen and oxygen atoms in total. The van der Waals surface area contributed by atoms with Gasteiger partial charge >= 0.3 is 6.18 Å². The van der Waals surface area contributed by atoms with Gasteiger partial charge in [0.25, 0.3) is 5.56 Å². The molecule has 9 heteroatoms. The van der Waals surface area contributed by atoms with Gasteiger partial charge < -0.3 is 5.32 Å². The van der Waals surface area contributed by atoms with Crippen LogP contribution >= 0.6 is 11.3 Å². The summed E-state index contributed by atoms with van der Waals surface area (Å²) < 4.78 is 37.6. The number of benzene rings is 1. The average molecular weight is 395 g/mol. The van der Waals surface area contributed by atoms with Crippen molar-refractivity contribution in [1.82, 2.24) is 14.9 Å². The number of hydrogen-bond donors (Lipinski definition) is 1. The van der Waals surface area contributed by atoms with Crippen molar-refractivity contribution in [3.8, 4) is 11.1 Å². The van der Waals surface area contributed by atoms with E-state index < -0.39 is 30.7 Å². The second kappa shape index (κ2) is 7.15. The van der Waals surface area contributed by atoms with Crippen LogP contribution in [0.2, 0.25) is 0 Å². The molecular weight excluding hydrogens is 379 g/mol. The van der Waals surface area contributed by atoms with Gasteiger partial charge in [-0.2, -0.15) is 13.2 Å². The lowest BCUT2D eigenvalue weighted by molar-refractivity contribution is -0.138. The molecule has 0 fully saturated rings. The number of nitrogens with zero attached hydrogens (tertiary/aromatic N) is 2. The maximum atomic E-state index is 12.8. The fraction of sp³-hybridized carbons (Fsp3) is 0.278. The van der Waals surface area contributed by atoms with Gasteiger partial charge in [0, 0.05) is 10.9 Å². The molecule has 2 heterocycles. The fourth-order valence-electron chi connectivity index (χ4n) is 2.61. The number of rotatable bonds is 4. The van der Waals surface area contributed by atoms with E-state index in [1.54, 1.807) is 5.32 Å². The Balaban J connectivity index is 1.96. The Hall–Kier alpha value is -2.68. The number of thiophene rings is 1. The minimum Gasteiger partial charge on any atom is -0.345 e. The third-order valence-corrected chi connectivity index (χ3v) is 5.06. The summed E-state index contributed by atoms with van der Waals surface area (Å²) >= 11 is 1.30. The molecular formula is C18H16F3N3O2S. The topological polar surface area (TPSA) is 64.0 Å². The summed E-state index contributed by atoms with van der Waals surface area (Å²) in [5.74, 6) is -0.904. The molecule has 0 aliphatic heterocycles. The van der Waals surface area contributed by atoms with Crippen LogP contribution in [0.3, 0.4) is 0 Å². The normalized spacial score (nSPS) is 11.7. The van der Waals surface area contributed by atoms with Crippen LogP contribution in [0.4, 0.5) is 13.2 Å². The maximum Gasteiger partial charge on any atom is 0.405 e. The molecule has 0 spiro atoms. The van der Waals surface area contributed by atoms with Crippen molar-refractivity contribution in [2.75, 3.05) is 6.54 Å². The molecule has 0 unspecified atom stereocenters. The first-order valence-corrected chi connectivity index (χ1v) is 8.91. The third-order valence-electron chi connectivity index (χ3n) is 4.18. The molecule has 3 aromatic rings. The molecule has 1 aromatic carbocycles. The zero-order valence-corrected chi connectivity index (χ0v) is 15.4. The number of aromatic nitrogens is 2. The quantitative estimate of drug-likeness (QED) is 0.736. The van der Waals surface area contributed by atoms with Crippen molar-refractivity contribution in [2.45, 2.75) is 26.6 Å². The highest BCUT2D eigenvalue weighted by Crippen LogP contribution is 2.31. The summed E-state index contributed by atoms with van der Waals surface area (Å²) in [5.41, 5.74) is 3.28. The Morgan fingerprint density at radius 2 is 2.00 bits per heavy atom. The number of nitrogens with one attached hydrogen (secondary N) is 1. The first-order valence-electron chi connectivity index (χ1n) is 8.03. The molecule has 0 atom stereocenters. The van der Waals surface area contributed by atoms with Crippen molar-refractivity contribution < 1.29 is 18.0 Å². The van der Waals surface area contributed by atoms with E-state index in [2.05, 4.69) is 4.98 Å². The van der Waals surface area contributed by atoms with Gasteiger partial charge in [-0.25, -0.2) is 4.98 Å². The van der Waals surface area contributed by atoms with Crippen molar-refractivity contribution in [3.05, 3.63) is 51.4 Å². The fourth-order valence-corrected chi connectivity index (χ4v) is 3.52. The van der Waals surface area contributed by atoms with Gasteiger partial charge in [-0.3, -0.25) is 14.2 Å². The highest BCUT2D eigenvalue weighted by atomic mass is 32.1. The highest BCUT2D eigenvalue weighted by Gasteiger charge is 2.27. The zero-order chi connectivity index (χ0) is 19.8. The van der Waals surface area contributed by atoms with E-state index in [1.165, 1.54) is 17.7 Å². The molecule has 142 valence electrons. The first kappa shape index (κ1) is 19.1. The molecule has 27 heavy (non-hydrogen) atoms. The Morgan fingerprint density at radius 1 is 1.26 bits per heavy atom. The van der Waals surface area contributed by atoms with E-state index in [9.17, 15) is 22.8 Å². The van der Waals surface area contributed by atoms with Gasteiger partial charge in [0.15, 0.2) is 0 Å². The average Bonchev–Trinajstić information content (AvgIpc) is 3.02. The van der Waals surface area contributed by atoms with Crippen molar-refractivity contribution in [3.63, 3.8) is 0 Å². The lowest BCUT2D eigenvalue weighted by Crippen LogP contribution is -2.37. The van der Waals surface area contributed by atoms with Gasteiger partial charge in [0.1, 0.15) is 17.9 Å². The van der Waals surface area contributed by atoms with Gasteiger partial charge in [-0.1, -0.05) is 18.2 Å². The number of carbonyl (C=O) groups excluding carboxylic acids is 1. The number of alkyl halides is 3. The van der Waals surface area contributed by atoms with Gasteiger partial charge in [0.2, 0.25) is 5.91 Å². The van der Waals surface area contributed by atoms with Crippen LogP contribution in [-0.2, 0) is 11.3 Å². The summed E-state index contributed by atoms with van der Waals surface area (Å²) in [6.07, 6.45) is -3.33. The maximum absolute atomic E-state index is 12.8. The van der Waals surface area contributed by atoms with Crippen molar-refractivity contribution in [2.24, 2.45) is 0 Å². The number of aryl methyl sites for hydroxylation is 2. The molecule has 1 amide bonds. The number of amides is 1. The molecule has 0 saturated heterocycles. The Morgan fingerprint density at radius 3 is 2.67 bits per heavy atom. The Bertz CT molecular complexity index is 1070. The van der Waals surface area contributed by atoms with E-state index in [1.807, 2.05) is 37.4 Å². The van der Waals surface area contributed by atoms with Crippen LogP contribution in [0, 0.1) is 13.8 Å². The van der Waals surface area contributed by atoms with E-state index in [0.29, 0.717) is 15.8 Å². The summed E-state index contributed by atoms with van der Waals surface area (Å²) in [6, 6.07) is 5.81. The second-order valence-electron chi connectivity index (χ2n) is 6.20. The lowest BCUT2D eigenvalue weighted by atomic mass is 10.0. The minimum atomic E-state index is -4.51. The summed E-state index contributed by atoms with van der Waals surface area (Å²) in [5, 5.41) is 3.92. The highest BCUT2D eigenvalue weighted by molar-refractivity contribution is 7.17. The van der Waals surface area contributed by atoms with Crippen LogP contribution in [0.25, 0.3) is 21.3 Å². The van der Waals surface area contributed by atoms with E-state index in [0.717, 1.165) is 21.3 Å². The number of hydrogen-bond acceptors (Lipinski definition) is 4. The SMILES string of the molecule is Cc1ccc(-c2csc3ncn(CC(=O)NCC(F)(F)F)c(=O)c23)cc1C. The van der Waals surface area contributed by atoms with Crippen LogP contribution in [-0.4, -0.2) is 28.2 Å². The second-order valence-corrected chi connectivity index (χ2v) is 7.06. The predicted octanol–water partition coefficient (Wildman–Crippen LogP) is 3.42. The van der Waals surface area contributed by atoms with Crippen LogP contribution in [0.15, 0.2) is 34.7 Å². The number of carbonyl (C=O) groups is 1. The molecule has 0 bridgehead atoms. The lowest BCUT2D eigenvalue weighted by Gasteiger charge is -2.10. The first-order chi connectivity index (χ1) is 12.7. The summed E-state index contributed by atoms with van der Waals surface area (Å²) in [7, 11) is 0.